The monoisotopic (exact) mass is 171 g/mol. The Hall–Kier alpha value is -1.57. The third-order valence-electron chi connectivity index (χ3n) is 2.22. The summed E-state index contributed by atoms with van der Waals surface area (Å²) in [7, 11) is 0. The minimum Gasteiger partial charge on any atom is -0.282 e. The molecule has 1 aromatic heterocycles. The van der Waals surface area contributed by atoms with Gasteiger partial charge in [0, 0.05) is 11.3 Å². The summed E-state index contributed by atoms with van der Waals surface area (Å²) in [5.74, 6) is 0. The first-order valence-electron chi connectivity index (χ1n) is 4.27. The van der Waals surface area contributed by atoms with Gasteiger partial charge in [-0.1, -0.05) is 24.3 Å². The van der Waals surface area contributed by atoms with Gasteiger partial charge in [0.25, 0.3) is 0 Å². The van der Waals surface area contributed by atoms with Crippen molar-refractivity contribution in [1.82, 2.24) is 10.2 Å². The molecule has 1 radical (unpaired) electrons. The Kier molecular flexibility index (Phi) is 1.89. The number of H-pyrrole nitrogens is 1. The summed E-state index contributed by atoms with van der Waals surface area (Å²) in [4.78, 5) is 0. The van der Waals surface area contributed by atoms with E-state index in [1.165, 1.54) is 5.56 Å². The zero-order chi connectivity index (χ0) is 9.26. The first-order valence-corrected chi connectivity index (χ1v) is 4.27. The van der Waals surface area contributed by atoms with Crippen LogP contribution in [0.3, 0.4) is 0 Å². The first-order chi connectivity index (χ1) is 6.29. The second kappa shape index (κ2) is 3.05. The van der Waals surface area contributed by atoms with E-state index in [2.05, 4.69) is 23.2 Å². The van der Waals surface area contributed by atoms with Crippen molar-refractivity contribution in [2.24, 2.45) is 0 Å². The highest BCUT2D eigenvalue weighted by Gasteiger charge is 2.06. The number of aromatic nitrogens is 2. The molecule has 0 unspecified atom stereocenters. The van der Waals surface area contributed by atoms with Gasteiger partial charge < -0.3 is 0 Å². The second-order valence-electron chi connectivity index (χ2n) is 3.10. The molecule has 2 aromatic rings. The van der Waals surface area contributed by atoms with Crippen molar-refractivity contribution in [3.8, 4) is 11.3 Å². The van der Waals surface area contributed by atoms with Crippen LogP contribution in [0, 0.1) is 19.9 Å². The fourth-order valence-corrected chi connectivity index (χ4v) is 1.29. The van der Waals surface area contributed by atoms with Gasteiger partial charge in [-0.05, 0) is 25.5 Å². The number of nitrogens with zero attached hydrogens (tertiary/aromatic N) is 1. The molecule has 2 nitrogen and oxygen atoms in total. The molecule has 0 saturated carbocycles. The lowest BCUT2D eigenvalue weighted by Gasteiger charge is -1.96. The smallest absolute Gasteiger partial charge is 0.0958 e. The van der Waals surface area contributed by atoms with E-state index < -0.39 is 0 Å². The molecule has 1 heterocycles. The van der Waals surface area contributed by atoms with Crippen LogP contribution in [-0.2, 0) is 0 Å². The van der Waals surface area contributed by atoms with Crippen LogP contribution >= 0.6 is 0 Å². The second-order valence-corrected chi connectivity index (χ2v) is 3.10. The summed E-state index contributed by atoms with van der Waals surface area (Å²) >= 11 is 0. The number of hydrogen-bond acceptors (Lipinski definition) is 1. The van der Waals surface area contributed by atoms with E-state index >= 15 is 0 Å². The van der Waals surface area contributed by atoms with Gasteiger partial charge in [0.05, 0.1) is 5.69 Å². The van der Waals surface area contributed by atoms with Crippen LogP contribution in [0.2, 0.25) is 0 Å². The van der Waals surface area contributed by atoms with Crippen LogP contribution in [0.25, 0.3) is 11.3 Å². The molecule has 0 atom stereocenters. The zero-order valence-electron chi connectivity index (χ0n) is 7.76. The molecule has 0 aliphatic carbocycles. The predicted molar refractivity (Wildman–Crippen MR) is 52.3 cm³/mol. The van der Waals surface area contributed by atoms with Gasteiger partial charge in [-0.2, -0.15) is 5.10 Å². The molecule has 2 heteroatoms. The minimum atomic E-state index is 0.998. The molecule has 0 aliphatic heterocycles. The van der Waals surface area contributed by atoms with Crippen LogP contribution in [0.5, 0.6) is 0 Å². The Morgan fingerprint density at radius 2 is 2.15 bits per heavy atom. The van der Waals surface area contributed by atoms with Gasteiger partial charge in [-0.15, -0.1) is 0 Å². The number of benzene rings is 1. The van der Waals surface area contributed by atoms with Gasteiger partial charge in [-0.25, -0.2) is 0 Å². The number of aromatic amines is 1. The lowest BCUT2D eigenvalue weighted by molar-refractivity contribution is 1.05. The van der Waals surface area contributed by atoms with Crippen molar-refractivity contribution in [3.05, 3.63) is 41.6 Å². The summed E-state index contributed by atoms with van der Waals surface area (Å²) in [6, 6.07) is 11.0. The molecule has 0 aliphatic rings. The number of aryl methyl sites for hydroxylation is 1. The Bertz CT molecular complexity index is 401. The number of hydrogen-bond donors (Lipinski definition) is 1. The average Bonchev–Trinajstić information content (AvgIpc) is 2.49. The van der Waals surface area contributed by atoms with E-state index in [0.29, 0.717) is 0 Å². The van der Waals surface area contributed by atoms with Crippen LogP contribution < -0.4 is 0 Å². The highest BCUT2D eigenvalue weighted by Crippen LogP contribution is 2.21. The highest BCUT2D eigenvalue weighted by atomic mass is 15.1. The molecule has 0 saturated heterocycles. The maximum absolute atomic E-state index is 4.23. The predicted octanol–water partition coefficient (Wildman–Crippen LogP) is 2.49. The lowest BCUT2D eigenvalue weighted by Crippen LogP contribution is -1.80. The van der Waals surface area contributed by atoms with E-state index in [0.717, 1.165) is 17.0 Å². The van der Waals surface area contributed by atoms with Crippen LogP contribution in [0.1, 0.15) is 11.3 Å². The number of nitrogens with one attached hydrogen (secondary N) is 1. The summed E-state index contributed by atoms with van der Waals surface area (Å²) in [6.07, 6.45) is 0. The molecule has 13 heavy (non-hydrogen) atoms. The molecule has 0 spiro atoms. The molecule has 2 rings (SSSR count). The normalized spacial score (nSPS) is 10.3. The molecule has 1 aromatic carbocycles. The van der Waals surface area contributed by atoms with Crippen molar-refractivity contribution in [1.29, 1.82) is 0 Å². The Morgan fingerprint density at radius 3 is 2.69 bits per heavy atom. The third-order valence-corrected chi connectivity index (χ3v) is 2.22. The Morgan fingerprint density at radius 1 is 1.31 bits per heavy atom. The van der Waals surface area contributed by atoms with Crippen molar-refractivity contribution in [2.75, 3.05) is 0 Å². The van der Waals surface area contributed by atoms with E-state index in [-0.39, 0.29) is 0 Å². The first kappa shape index (κ1) is 8.05. The van der Waals surface area contributed by atoms with Crippen LogP contribution in [0.4, 0.5) is 0 Å². The molecule has 0 bridgehead atoms. The lowest BCUT2D eigenvalue weighted by atomic mass is 10.1. The molecule has 0 fully saturated rings. The topological polar surface area (TPSA) is 28.7 Å². The average molecular weight is 171 g/mol. The molecular weight excluding hydrogens is 160 g/mol. The molecule has 0 amide bonds. The minimum absolute atomic E-state index is 0.998. The van der Waals surface area contributed by atoms with Crippen LogP contribution in [0.15, 0.2) is 24.3 Å². The summed E-state index contributed by atoms with van der Waals surface area (Å²) in [6.45, 7) is 4.09. The standard InChI is InChI=1S/C11H11N2/c1-8-9(2)12-13-11(8)10-6-4-3-5-7-10/h3-6H,1-2H3,(H,12,13). The van der Waals surface area contributed by atoms with Crippen molar-refractivity contribution >= 4 is 0 Å². The third kappa shape index (κ3) is 1.35. The van der Waals surface area contributed by atoms with Gasteiger partial charge in [0.1, 0.15) is 0 Å². The summed E-state index contributed by atoms with van der Waals surface area (Å²) < 4.78 is 0. The van der Waals surface area contributed by atoms with Gasteiger partial charge in [0.2, 0.25) is 0 Å². The van der Waals surface area contributed by atoms with Crippen molar-refractivity contribution in [3.63, 3.8) is 0 Å². The van der Waals surface area contributed by atoms with Gasteiger partial charge in [0.15, 0.2) is 0 Å². The van der Waals surface area contributed by atoms with Crippen molar-refractivity contribution < 1.29 is 0 Å². The zero-order valence-corrected chi connectivity index (χ0v) is 7.76. The quantitative estimate of drug-likeness (QED) is 0.701. The number of rotatable bonds is 1. The van der Waals surface area contributed by atoms with Gasteiger partial charge in [-0.3, -0.25) is 5.10 Å². The van der Waals surface area contributed by atoms with E-state index in [4.69, 9.17) is 0 Å². The maximum Gasteiger partial charge on any atom is 0.0958 e. The van der Waals surface area contributed by atoms with E-state index in [1.807, 2.05) is 31.2 Å². The van der Waals surface area contributed by atoms with E-state index in [9.17, 15) is 0 Å². The fourth-order valence-electron chi connectivity index (χ4n) is 1.29. The summed E-state index contributed by atoms with van der Waals surface area (Å²) in [5, 5.41) is 7.19. The van der Waals surface area contributed by atoms with Gasteiger partial charge >= 0.3 is 0 Å². The largest absolute Gasteiger partial charge is 0.282 e. The molecule has 1 N–H and O–H groups in total. The SMILES string of the molecule is Cc1[nH]nc(-c2[c]cccc2)c1C. The van der Waals surface area contributed by atoms with E-state index in [1.54, 1.807) is 0 Å². The Labute approximate surface area is 77.6 Å². The highest BCUT2D eigenvalue weighted by molar-refractivity contribution is 5.62. The molecule has 65 valence electrons. The Balaban J connectivity index is 2.53. The molecular formula is C11H11N2. The van der Waals surface area contributed by atoms with Crippen molar-refractivity contribution in [2.45, 2.75) is 13.8 Å². The maximum atomic E-state index is 4.23. The fraction of sp³-hybridized carbons (Fsp3) is 0.182. The summed E-state index contributed by atoms with van der Waals surface area (Å²) in [5.41, 5.74) is 4.36. The van der Waals surface area contributed by atoms with Crippen LogP contribution in [-0.4, -0.2) is 10.2 Å².